The summed E-state index contributed by atoms with van der Waals surface area (Å²) in [6.45, 7) is 7.40. The van der Waals surface area contributed by atoms with Crippen LogP contribution in [-0.2, 0) is 27.1 Å². The predicted octanol–water partition coefficient (Wildman–Crippen LogP) is 4.00. The first-order valence-corrected chi connectivity index (χ1v) is 11.2. The highest BCUT2D eigenvalue weighted by atomic mass is 32.1. The number of aryl methyl sites for hydroxylation is 1. The van der Waals surface area contributed by atoms with Crippen molar-refractivity contribution < 1.29 is 23.9 Å². The number of hydrogen-bond acceptors (Lipinski definition) is 8. The van der Waals surface area contributed by atoms with E-state index in [0.29, 0.717) is 27.1 Å². The molecule has 0 saturated heterocycles. The number of thiophene rings is 1. The van der Waals surface area contributed by atoms with Crippen molar-refractivity contribution >= 4 is 45.5 Å². The Bertz CT molecular complexity index is 933. The van der Waals surface area contributed by atoms with Crippen LogP contribution in [0.4, 0.5) is 5.00 Å². The van der Waals surface area contributed by atoms with Gasteiger partial charge >= 0.3 is 11.9 Å². The van der Waals surface area contributed by atoms with Crippen molar-refractivity contribution in [2.45, 2.75) is 53.1 Å². The number of nitrogens with one attached hydrogen (secondary N) is 1. The van der Waals surface area contributed by atoms with Gasteiger partial charge in [0.15, 0.2) is 6.10 Å². The first-order valence-electron chi connectivity index (χ1n) is 9.55. The Morgan fingerprint density at radius 1 is 1.34 bits per heavy atom. The van der Waals surface area contributed by atoms with Crippen LogP contribution in [0.2, 0.25) is 0 Å². The highest BCUT2D eigenvalue weighted by molar-refractivity contribution is 7.17. The molecule has 29 heavy (non-hydrogen) atoms. The Morgan fingerprint density at radius 3 is 2.76 bits per heavy atom. The number of aromatic nitrogens is 1. The van der Waals surface area contributed by atoms with Gasteiger partial charge in [-0.15, -0.1) is 22.7 Å². The molecule has 2 atom stereocenters. The number of anilines is 1. The molecule has 2 unspecified atom stereocenters. The molecule has 0 saturated carbocycles. The van der Waals surface area contributed by atoms with Crippen molar-refractivity contribution in [1.29, 1.82) is 0 Å². The lowest BCUT2D eigenvalue weighted by atomic mass is 9.88. The number of esters is 2. The van der Waals surface area contributed by atoms with E-state index < -0.39 is 23.9 Å². The van der Waals surface area contributed by atoms with Crippen LogP contribution in [-0.4, -0.2) is 35.5 Å². The smallest absolute Gasteiger partial charge is 0.351 e. The molecule has 1 amide bonds. The van der Waals surface area contributed by atoms with Crippen molar-refractivity contribution in [1.82, 2.24) is 4.98 Å². The van der Waals surface area contributed by atoms with Gasteiger partial charge in [-0.2, -0.15) is 0 Å². The largest absolute Gasteiger partial charge is 0.462 e. The molecule has 0 bridgehead atoms. The molecule has 2 aromatic heterocycles. The Balaban J connectivity index is 1.78. The fourth-order valence-corrected chi connectivity index (χ4v) is 5.32. The third-order valence-electron chi connectivity index (χ3n) is 4.81. The lowest BCUT2D eigenvalue weighted by Crippen LogP contribution is -2.30. The monoisotopic (exact) mass is 436 g/mol. The molecule has 0 spiro atoms. The van der Waals surface area contributed by atoms with E-state index in [2.05, 4.69) is 17.2 Å². The van der Waals surface area contributed by atoms with E-state index in [1.165, 1.54) is 29.6 Å². The van der Waals surface area contributed by atoms with E-state index in [4.69, 9.17) is 9.47 Å². The number of thiazole rings is 1. The van der Waals surface area contributed by atoms with Crippen molar-refractivity contribution in [2.75, 3.05) is 11.9 Å². The van der Waals surface area contributed by atoms with Gasteiger partial charge in [0.05, 0.1) is 23.4 Å². The minimum atomic E-state index is -1.02. The molecule has 3 rings (SSSR count). The molecule has 1 N–H and O–H groups in total. The van der Waals surface area contributed by atoms with Gasteiger partial charge < -0.3 is 14.8 Å². The molecule has 2 aromatic rings. The summed E-state index contributed by atoms with van der Waals surface area (Å²) in [6, 6.07) is 0. The second kappa shape index (κ2) is 9.04. The van der Waals surface area contributed by atoms with E-state index in [1.54, 1.807) is 19.4 Å². The number of carbonyl (C=O) groups excluding carboxylic acids is 3. The molecule has 2 heterocycles. The summed E-state index contributed by atoms with van der Waals surface area (Å²) in [7, 11) is 0. The maximum atomic E-state index is 12.7. The molecule has 1 aliphatic rings. The number of hydrogen-bond donors (Lipinski definition) is 1. The Morgan fingerprint density at radius 2 is 2.10 bits per heavy atom. The van der Waals surface area contributed by atoms with Crippen LogP contribution in [0.25, 0.3) is 0 Å². The number of rotatable bonds is 6. The minimum Gasteiger partial charge on any atom is -0.462 e. The maximum absolute atomic E-state index is 12.7. The highest BCUT2D eigenvalue weighted by Crippen LogP contribution is 2.40. The van der Waals surface area contributed by atoms with Crippen LogP contribution in [0.1, 0.15) is 63.4 Å². The molecule has 156 valence electrons. The summed E-state index contributed by atoms with van der Waals surface area (Å²) >= 11 is 2.57. The summed E-state index contributed by atoms with van der Waals surface area (Å²) in [5, 5.41) is 3.24. The molecule has 9 heteroatoms. The molecule has 7 nitrogen and oxygen atoms in total. The van der Waals surface area contributed by atoms with E-state index >= 15 is 0 Å². The first-order chi connectivity index (χ1) is 13.8. The van der Waals surface area contributed by atoms with Crippen molar-refractivity contribution in [3.05, 3.63) is 32.1 Å². The summed E-state index contributed by atoms with van der Waals surface area (Å²) in [4.78, 5) is 42.9. The topological polar surface area (TPSA) is 94.6 Å². The zero-order valence-corrected chi connectivity index (χ0v) is 18.5. The molecule has 0 fully saturated rings. The zero-order valence-electron chi connectivity index (χ0n) is 16.9. The van der Waals surface area contributed by atoms with Gasteiger partial charge in [0.25, 0.3) is 5.91 Å². The summed E-state index contributed by atoms with van der Waals surface area (Å²) in [6.07, 6.45) is 1.63. The zero-order chi connectivity index (χ0) is 21.1. The molecule has 0 aromatic carbocycles. The predicted molar refractivity (Wildman–Crippen MR) is 112 cm³/mol. The normalized spacial score (nSPS) is 16.6. The number of nitrogens with zero attached hydrogens (tertiary/aromatic N) is 1. The standard InChI is InChI=1S/C20H24N2O5S2/c1-5-26-19(24)15-13-7-6-10(2)8-14(13)29-18(15)22-17(23)12(4)27-20(25)16-11(3)21-9-28-16/h9-10,12H,5-8H2,1-4H3,(H,22,23). The summed E-state index contributed by atoms with van der Waals surface area (Å²) in [5.41, 5.74) is 3.52. The third kappa shape index (κ3) is 4.67. The van der Waals surface area contributed by atoms with Gasteiger partial charge in [-0.3, -0.25) is 4.79 Å². The quantitative estimate of drug-likeness (QED) is 0.688. The molecule has 0 aliphatic heterocycles. The van der Waals surface area contributed by atoms with Crippen LogP contribution in [0.15, 0.2) is 5.51 Å². The Hall–Kier alpha value is -2.26. The number of carbonyl (C=O) groups is 3. The van der Waals surface area contributed by atoms with Gasteiger partial charge in [0, 0.05) is 4.88 Å². The Kier molecular flexibility index (Phi) is 6.69. The lowest BCUT2D eigenvalue weighted by molar-refractivity contribution is -0.123. The second-order valence-electron chi connectivity index (χ2n) is 7.08. The highest BCUT2D eigenvalue weighted by Gasteiger charge is 2.30. The van der Waals surface area contributed by atoms with Crippen LogP contribution < -0.4 is 5.32 Å². The lowest BCUT2D eigenvalue weighted by Gasteiger charge is -2.18. The average molecular weight is 437 g/mol. The van der Waals surface area contributed by atoms with Gasteiger partial charge in [-0.25, -0.2) is 14.6 Å². The number of ether oxygens (including phenoxy) is 2. The molecule has 1 aliphatic carbocycles. The van der Waals surface area contributed by atoms with E-state index in [0.717, 1.165) is 29.7 Å². The van der Waals surface area contributed by atoms with Crippen molar-refractivity contribution in [3.63, 3.8) is 0 Å². The first kappa shape index (κ1) is 21.4. The fourth-order valence-electron chi connectivity index (χ4n) is 3.24. The Labute approximate surface area is 177 Å². The van der Waals surface area contributed by atoms with E-state index in [9.17, 15) is 14.4 Å². The molecule has 0 radical (unpaired) electrons. The van der Waals surface area contributed by atoms with Gasteiger partial charge in [0.1, 0.15) is 9.88 Å². The van der Waals surface area contributed by atoms with Crippen LogP contribution in [0.3, 0.4) is 0 Å². The minimum absolute atomic E-state index is 0.259. The average Bonchev–Trinajstić information content (AvgIpc) is 3.24. The van der Waals surface area contributed by atoms with Gasteiger partial charge in [0.2, 0.25) is 0 Å². The van der Waals surface area contributed by atoms with Gasteiger partial charge in [-0.1, -0.05) is 6.92 Å². The molecular formula is C20H24N2O5S2. The maximum Gasteiger partial charge on any atom is 0.351 e. The fraction of sp³-hybridized carbons (Fsp3) is 0.500. The van der Waals surface area contributed by atoms with Crippen LogP contribution in [0, 0.1) is 12.8 Å². The number of fused-ring (bicyclic) bond motifs is 1. The van der Waals surface area contributed by atoms with Crippen molar-refractivity contribution in [3.8, 4) is 0 Å². The SMILES string of the molecule is CCOC(=O)c1c(NC(=O)C(C)OC(=O)c2scnc2C)sc2c1CCC(C)C2. The summed E-state index contributed by atoms with van der Waals surface area (Å²) in [5.74, 6) is -0.975. The summed E-state index contributed by atoms with van der Waals surface area (Å²) < 4.78 is 10.5. The van der Waals surface area contributed by atoms with E-state index in [-0.39, 0.29) is 6.61 Å². The van der Waals surface area contributed by atoms with Gasteiger partial charge in [-0.05, 0) is 51.5 Å². The third-order valence-corrected chi connectivity index (χ3v) is 6.89. The van der Waals surface area contributed by atoms with E-state index in [1.807, 2.05) is 0 Å². The van der Waals surface area contributed by atoms with Crippen molar-refractivity contribution in [2.24, 2.45) is 5.92 Å². The van der Waals surface area contributed by atoms with Crippen LogP contribution in [0.5, 0.6) is 0 Å². The van der Waals surface area contributed by atoms with Crippen LogP contribution >= 0.6 is 22.7 Å². The number of amides is 1. The molecular weight excluding hydrogens is 412 g/mol. The second-order valence-corrected chi connectivity index (χ2v) is 9.04.